The van der Waals surface area contributed by atoms with Crippen LogP contribution < -0.4 is 5.32 Å². The van der Waals surface area contributed by atoms with Crippen LogP contribution in [0, 0.1) is 6.92 Å². The van der Waals surface area contributed by atoms with Gasteiger partial charge in [0, 0.05) is 18.5 Å². The van der Waals surface area contributed by atoms with Gasteiger partial charge in [-0.25, -0.2) is 9.97 Å². The molecule has 1 aromatic carbocycles. The summed E-state index contributed by atoms with van der Waals surface area (Å²) in [6, 6.07) is 6.71. The lowest BCUT2D eigenvalue weighted by atomic mass is 10.1. The fourth-order valence-corrected chi connectivity index (χ4v) is 2.33. The molecule has 0 aliphatic heterocycles. The molecule has 0 saturated heterocycles. The van der Waals surface area contributed by atoms with Crippen LogP contribution >= 0.6 is 0 Å². The number of imidazole rings is 1. The minimum Gasteiger partial charge on any atom is -0.441 e. The van der Waals surface area contributed by atoms with Gasteiger partial charge in [-0.15, -0.1) is 0 Å². The molecule has 0 amide bonds. The highest BCUT2D eigenvalue weighted by atomic mass is 16.3. The maximum atomic E-state index is 5.57. The number of aryl methyl sites for hydroxylation is 1. The molecule has 2 N–H and O–H groups in total. The molecular weight excluding hydrogens is 252 g/mol. The van der Waals surface area contributed by atoms with Crippen molar-refractivity contribution in [2.45, 2.75) is 32.4 Å². The second kappa shape index (κ2) is 4.45. The van der Waals surface area contributed by atoms with Crippen LogP contribution in [0.2, 0.25) is 0 Å². The van der Waals surface area contributed by atoms with E-state index in [1.807, 2.05) is 31.3 Å². The van der Waals surface area contributed by atoms with Gasteiger partial charge in [0.15, 0.2) is 11.5 Å². The van der Waals surface area contributed by atoms with Crippen molar-refractivity contribution in [3.63, 3.8) is 0 Å². The third-order valence-electron chi connectivity index (χ3n) is 3.57. The molecule has 5 nitrogen and oxygen atoms in total. The van der Waals surface area contributed by atoms with Gasteiger partial charge in [-0.05, 0) is 25.0 Å². The predicted molar refractivity (Wildman–Crippen MR) is 76.2 cm³/mol. The van der Waals surface area contributed by atoms with Crippen LogP contribution in [0.1, 0.15) is 24.6 Å². The van der Waals surface area contributed by atoms with Gasteiger partial charge in [0.05, 0.1) is 18.4 Å². The zero-order valence-electron chi connectivity index (χ0n) is 11.3. The summed E-state index contributed by atoms with van der Waals surface area (Å²) in [4.78, 5) is 12.1. The number of nitrogens with zero attached hydrogens (tertiary/aromatic N) is 2. The summed E-state index contributed by atoms with van der Waals surface area (Å²) < 4.78 is 5.57. The van der Waals surface area contributed by atoms with E-state index >= 15 is 0 Å². The van der Waals surface area contributed by atoms with Crippen molar-refractivity contribution in [1.29, 1.82) is 0 Å². The Morgan fingerprint density at radius 2 is 2.30 bits per heavy atom. The molecule has 0 radical (unpaired) electrons. The molecule has 3 aromatic rings. The molecule has 1 fully saturated rings. The lowest BCUT2D eigenvalue weighted by molar-refractivity contribution is 0.561. The maximum absolute atomic E-state index is 5.57. The van der Waals surface area contributed by atoms with E-state index in [1.54, 1.807) is 0 Å². The summed E-state index contributed by atoms with van der Waals surface area (Å²) in [6.07, 6.45) is 4.44. The van der Waals surface area contributed by atoms with Crippen molar-refractivity contribution in [2.24, 2.45) is 0 Å². The number of benzene rings is 1. The van der Waals surface area contributed by atoms with Crippen molar-refractivity contribution in [3.8, 4) is 11.3 Å². The Morgan fingerprint density at radius 1 is 1.40 bits per heavy atom. The number of aromatic nitrogens is 3. The monoisotopic (exact) mass is 268 g/mol. The highest BCUT2D eigenvalue weighted by Gasteiger charge is 2.20. The number of oxazole rings is 1. The highest BCUT2D eigenvalue weighted by molar-refractivity contribution is 5.79. The Balaban J connectivity index is 1.60. The second-order valence-electron chi connectivity index (χ2n) is 5.31. The molecular formula is C15H16N4O. The van der Waals surface area contributed by atoms with Crippen LogP contribution in [0.25, 0.3) is 22.4 Å². The molecule has 5 heteroatoms. The highest BCUT2D eigenvalue weighted by Crippen LogP contribution is 2.24. The van der Waals surface area contributed by atoms with Crippen molar-refractivity contribution >= 4 is 11.1 Å². The number of fused-ring (bicyclic) bond motifs is 1. The number of H-pyrrole nitrogens is 1. The van der Waals surface area contributed by atoms with Crippen LogP contribution in [-0.4, -0.2) is 21.0 Å². The van der Waals surface area contributed by atoms with Gasteiger partial charge in [0.25, 0.3) is 0 Å². The Bertz CT molecular complexity index is 754. The van der Waals surface area contributed by atoms with Gasteiger partial charge in [-0.3, -0.25) is 0 Å². The molecule has 2 heterocycles. The quantitative estimate of drug-likeness (QED) is 0.763. The Morgan fingerprint density at radius 3 is 3.15 bits per heavy atom. The molecule has 0 spiro atoms. The van der Waals surface area contributed by atoms with Gasteiger partial charge < -0.3 is 14.7 Å². The largest absolute Gasteiger partial charge is 0.441 e. The van der Waals surface area contributed by atoms with E-state index in [-0.39, 0.29) is 0 Å². The van der Waals surface area contributed by atoms with Crippen LogP contribution in [0.15, 0.2) is 28.8 Å². The number of rotatable bonds is 4. The maximum Gasteiger partial charge on any atom is 0.192 e. The van der Waals surface area contributed by atoms with E-state index in [0.717, 1.165) is 34.7 Å². The first kappa shape index (κ1) is 11.7. The smallest absolute Gasteiger partial charge is 0.192 e. The number of nitrogens with one attached hydrogen (secondary N) is 2. The van der Waals surface area contributed by atoms with E-state index in [2.05, 4.69) is 20.3 Å². The standard InChI is InChI=1S/C15H16N4O/c1-9-18-12-5-2-10(6-14(12)20-9)13-7-17-15(19-13)8-16-11-3-4-11/h2,5-7,11,16H,3-4,8H2,1H3,(H,17,19). The average molecular weight is 268 g/mol. The lowest BCUT2D eigenvalue weighted by Crippen LogP contribution is -2.16. The topological polar surface area (TPSA) is 66.7 Å². The predicted octanol–water partition coefficient (Wildman–Crippen LogP) is 2.78. The molecule has 20 heavy (non-hydrogen) atoms. The third-order valence-corrected chi connectivity index (χ3v) is 3.57. The number of aromatic amines is 1. The van der Waals surface area contributed by atoms with Crippen molar-refractivity contribution in [1.82, 2.24) is 20.3 Å². The summed E-state index contributed by atoms with van der Waals surface area (Å²) in [5, 5.41) is 3.45. The minimum atomic E-state index is 0.691. The first-order chi connectivity index (χ1) is 9.78. The van der Waals surface area contributed by atoms with Crippen LogP contribution in [0.3, 0.4) is 0 Å². The summed E-state index contributed by atoms with van der Waals surface area (Å²) in [6.45, 7) is 2.66. The van der Waals surface area contributed by atoms with Crippen molar-refractivity contribution < 1.29 is 4.42 Å². The number of hydrogen-bond acceptors (Lipinski definition) is 4. The van der Waals surface area contributed by atoms with Gasteiger partial charge in [-0.2, -0.15) is 0 Å². The normalized spacial score (nSPS) is 15.1. The Labute approximate surface area is 116 Å². The van der Waals surface area contributed by atoms with Crippen molar-refractivity contribution in [2.75, 3.05) is 0 Å². The molecule has 1 aliphatic rings. The second-order valence-corrected chi connectivity index (χ2v) is 5.31. The molecule has 0 bridgehead atoms. The van der Waals surface area contributed by atoms with E-state index in [0.29, 0.717) is 11.9 Å². The third kappa shape index (κ3) is 2.20. The fourth-order valence-electron chi connectivity index (χ4n) is 2.33. The molecule has 1 aliphatic carbocycles. The van der Waals surface area contributed by atoms with Gasteiger partial charge >= 0.3 is 0 Å². The molecule has 2 aromatic heterocycles. The first-order valence-electron chi connectivity index (χ1n) is 6.93. The summed E-state index contributed by atoms with van der Waals surface area (Å²) >= 11 is 0. The summed E-state index contributed by atoms with van der Waals surface area (Å²) in [5.41, 5.74) is 3.78. The van der Waals surface area contributed by atoms with E-state index in [4.69, 9.17) is 4.42 Å². The average Bonchev–Trinajstić information content (AvgIpc) is 3.01. The van der Waals surface area contributed by atoms with Gasteiger partial charge in [0.1, 0.15) is 11.3 Å². The number of hydrogen-bond donors (Lipinski definition) is 2. The van der Waals surface area contributed by atoms with Crippen LogP contribution in [-0.2, 0) is 6.54 Å². The molecule has 102 valence electrons. The zero-order valence-corrected chi connectivity index (χ0v) is 11.3. The molecule has 0 unspecified atom stereocenters. The zero-order chi connectivity index (χ0) is 13.5. The van der Waals surface area contributed by atoms with Gasteiger partial charge in [0.2, 0.25) is 0 Å². The van der Waals surface area contributed by atoms with E-state index < -0.39 is 0 Å². The molecule has 4 rings (SSSR count). The fraction of sp³-hybridized carbons (Fsp3) is 0.333. The van der Waals surface area contributed by atoms with E-state index in [9.17, 15) is 0 Å². The molecule has 0 atom stereocenters. The first-order valence-corrected chi connectivity index (χ1v) is 6.93. The summed E-state index contributed by atoms with van der Waals surface area (Å²) in [7, 11) is 0. The Kier molecular flexibility index (Phi) is 2.60. The van der Waals surface area contributed by atoms with Crippen molar-refractivity contribution in [3.05, 3.63) is 36.1 Å². The Hall–Kier alpha value is -2.14. The van der Waals surface area contributed by atoms with Crippen LogP contribution in [0.4, 0.5) is 0 Å². The lowest BCUT2D eigenvalue weighted by Gasteiger charge is -1.99. The molecule has 1 saturated carbocycles. The van der Waals surface area contributed by atoms with E-state index in [1.165, 1.54) is 12.8 Å². The van der Waals surface area contributed by atoms with Crippen LogP contribution in [0.5, 0.6) is 0 Å². The van der Waals surface area contributed by atoms with Gasteiger partial charge in [-0.1, -0.05) is 6.07 Å². The minimum absolute atomic E-state index is 0.691. The SMILES string of the molecule is Cc1nc2ccc(-c3cnc(CNC4CC4)[nH]3)cc2o1. The summed E-state index contributed by atoms with van der Waals surface area (Å²) in [5.74, 6) is 1.66.